The van der Waals surface area contributed by atoms with Crippen LogP contribution in [-0.4, -0.2) is 69.3 Å². The van der Waals surface area contributed by atoms with Crippen molar-refractivity contribution in [2.75, 3.05) is 19.6 Å². The monoisotopic (exact) mass is 476 g/mol. The van der Waals surface area contributed by atoms with Crippen molar-refractivity contribution in [2.45, 2.75) is 63.4 Å². The van der Waals surface area contributed by atoms with Crippen LogP contribution in [0.25, 0.3) is 0 Å². The van der Waals surface area contributed by atoms with E-state index in [0.29, 0.717) is 24.3 Å². The van der Waals surface area contributed by atoms with Gasteiger partial charge in [-0.15, -0.1) is 0 Å². The highest BCUT2D eigenvalue weighted by atomic mass is 35.5. The van der Waals surface area contributed by atoms with Gasteiger partial charge in [-0.3, -0.25) is 14.5 Å². The van der Waals surface area contributed by atoms with Gasteiger partial charge in [0, 0.05) is 30.7 Å². The Morgan fingerprint density at radius 2 is 1.88 bits per heavy atom. The number of amides is 1. The van der Waals surface area contributed by atoms with Crippen LogP contribution in [0.2, 0.25) is 5.02 Å². The first kappa shape index (κ1) is 24.8. The van der Waals surface area contributed by atoms with Gasteiger partial charge in [-0.2, -0.15) is 13.2 Å². The number of alkyl halides is 3. The summed E-state index contributed by atoms with van der Waals surface area (Å²) in [7, 11) is 0. The number of rotatable bonds is 7. The molecule has 1 aromatic carbocycles. The van der Waals surface area contributed by atoms with Crippen LogP contribution in [0, 0.1) is 5.41 Å². The molecule has 2 fully saturated rings. The lowest BCUT2D eigenvalue weighted by Crippen LogP contribution is -2.70. The predicted octanol–water partition coefficient (Wildman–Crippen LogP) is 3.87. The topological polar surface area (TPSA) is 81.1 Å². The third-order valence-electron chi connectivity index (χ3n) is 6.68. The minimum absolute atomic E-state index is 0.161. The maximum atomic E-state index is 13.6. The number of β-amino-alcohol motifs (C(OH)–C–C–N with tert-alkyl or cyclic N) is 1. The Balaban J connectivity index is 1.87. The summed E-state index contributed by atoms with van der Waals surface area (Å²) in [5.41, 5.74) is -2.98. The van der Waals surface area contributed by atoms with E-state index in [1.807, 2.05) is 19.1 Å². The molecular formula is C22H28ClF3N2O4. The zero-order chi connectivity index (χ0) is 23.9. The Hall–Kier alpha value is -1.84. The van der Waals surface area contributed by atoms with Crippen LogP contribution >= 0.6 is 11.6 Å². The van der Waals surface area contributed by atoms with Crippen molar-refractivity contribution < 1.29 is 33.0 Å². The second-order valence-electron chi connectivity index (χ2n) is 9.21. The standard InChI is InChI=1S/C22H28ClF3N2O4/c1-3-16(11-27-12-21(32,13-27)22(24,25)26)28-17(14-4-6-15(23)7-5-14)8-9-20(2,19(28)31)10-18(29)30/h4-7,16-17,32H,3,8-13H2,1-2H3,(H,29,30)/t16?,17?,20-/m1/s1. The first-order valence-corrected chi connectivity index (χ1v) is 11.0. The second-order valence-corrected chi connectivity index (χ2v) is 9.65. The highest BCUT2D eigenvalue weighted by Crippen LogP contribution is 2.45. The van der Waals surface area contributed by atoms with E-state index in [1.54, 1.807) is 24.0 Å². The van der Waals surface area contributed by atoms with Crippen LogP contribution in [0.5, 0.6) is 0 Å². The number of benzene rings is 1. The first-order chi connectivity index (χ1) is 14.8. The molecule has 6 nitrogen and oxygen atoms in total. The lowest BCUT2D eigenvalue weighted by atomic mass is 9.74. The van der Waals surface area contributed by atoms with Crippen LogP contribution in [0.15, 0.2) is 24.3 Å². The molecule has 2 aliphatic rings. The summed E-state index contributed by atoms with van der Waals surface area (Å²) >= 11 is 6.00. The van der Waals surface area contributed by atoms with Gasteiger partial charge in [-0.25, -0.2) is 0 Å². The van der Waals surface area contributed by atoms with Crippen molar-refractivity contribution >= 4 is 23.5 Å². The van der Waals surface area contributed by atoms with Gasteiger partial charge in [0.1, 0.15) is 0 Å². The highest BCUT2D eigenvalue weighted by Gasteiger charge is 2.61. The van der Waals surface area contributed by atoms with Crippen molar-refractivity contribution in [3.63, 3.8) is 0 Å². The number of carboxylic acids is 1. The number of halogens is 4. The molecule has 0 aromatic heterocycles. The van der Waals surface area contributed by atoms with E-state index < -0.39 is 42.3 Å². The van der Waals surface area contributed by atoms with Gasteiger partial charge < -0.3 is 15.1 Å². The summed E-state index contributed by atoms with van der Waals surface area (Å²) in [5, 5.41) is 19.7. The number of piperidine rings is 1. The molecule has 2 saturated heterocycles. The summed E-state index contributed by atoms with van der Waals surface area (Å²) in [5.74, 6) is -1.39. The number of carbonyl (C=O) groups excluding carboxylic acids is 1. The molecule has 0 spiro atoms. The number of likely N-dealkylation sites (tertiary alicyclic amines) is 2. The van der Waals surface area contributed by atoms with Crippen LogP contribution in [-0.2, 0) is 9.59 Å². The molecule has 0 saturated carbocycles. The molecule has 32 heavy (non-hydrogen) atoms. The zero-order valence-electron chi connectivity index (χ0n) is 18.0. The molecule has 1 amide bonds. The number of hydrogen-bond acceptors (Lipinski definition) is 4. The summed E-state index contributed by atoms with van der Waals surface area (Å²) in [6.45, 7) is 2.54. The molecule has 0 radical (unpaired) electrons. The molecule has 2 unspecified atom stereocenters. The van der Waals surface area contributed by atoms with E-state index in [4.69, 9.17) is 11.6 Å². The van der Waals surface area contributed by atoms with E-state index in [9.17, 15) is 33.0 Å². The number of nitrogens with zero attached hydrogens (tertiary/aromatic N) is 2. The Morgan fingerprint density at radius 3 is 2.38 bits per heavy atom. The van der Waals surface area contributed by atoms with Gasteiger partial charge in [-0.05, 0) is 37.0 Å². The molecule has 178 valence electrons. The van der Waals surface area contributed by atoms with E-state index in [-0.39, 0.29) is 24.9 Å². The minimum atomic E-state index is -4.71. The van der Waals surface area contributed by atoms with Crippen molar-refractivity contribution in [1.82, 2.24) is 9.80 Å². The quantitative estimate of drug-likeness (QED) is 0.624. The summed E-state index contributed by atoms with van der Waals surface area (Å²) in [6, 6.07) is 6.27. The average molecular weight is 477 g/mol. The van der Waals surface area contributed by atoms with E-state index >= 15 is 0 Å². The lowest BCUT2D eigenvalue weighted by Gasteiger charge is -2.52. The Bertz CT molecular complexity index is 858. The third-order valence-corrected chi connectivity index (χ3v) is 6.94. The van der Waals surface area contributed by atoms with Crippen LogP contribution in [0.4, 0.5) is 13.2 Å². The smallest absolute Gasteiger partial charge is 0.419 e. The number of carboxylic acid groups (broad SMARTS) is 1. The van der Waals surface area contributed by atoms with Gasteiger partial charge in [0.15, 0.2) is 5.60 Å². The summed E-state index contributed by atoms with van der Waals surface area (Å²) in [4.78, 5) is 28.2. The molecule has 3 atom stereocenters. The van der Waals surface area contributed by atoms with Crippen molar-refractivity contribution in [3.05, 3.63) is 34.9 Å². The number of aliphatic hydroxyl groups is 1. The molecule has 10 heteroatoms. The maximum absolute atomic E-state index is 13.6. The molecular weight excluding hydrogens is 449 g/mol. The Morgan fingerprint density at radius 1 is 1.28 bits per heavy atom. The van der Waals surface area contributed by atoms with E-state index in [1.165, 1.54) is 4.90 Å². The SMILES string of the molecule is CCC(CN1CC(O)(C(F)(F)F)C1)N1C(=O)[C@@](C)(CC(=O)O)CCC1c1ccc(Cl)cc1. The van der Waals surface area contributed by atoms with Crippen LogP contribution in [0.3, 0.4) is 0 Å². The van der Waals surface area contributed by atoms with Crippen LogP contribution in [0.1, 0.15) is 51.1 Å². The van der Waals surface area contributed by atoms with Gasteiger partial charge in [0.2, 0.25) is 5.91 Å². The predicted molar refractivity (Wildman–Crippen MR) is 112 cm³/mol. The number of hydrogen-bond donors (Lipinski definition) is 2. The molecule has 1 aromatic rings. The largest absolute Gasteiger partial charge is 0.481 e. The normalized spacial score (nSPS) is 27.2. The Kier molecular flexibility index (Phi) is 6.85. The molecule has 2 N–H and O–H groups in total. The number of carbonyl (C=O) groups is 2. The van der Waals surface area contributed by atoms with Crippen molar-refractivity contribution in [2.24, 2.45) is 5.41 Å². The first-order valence-electron chi connectivity index (χ1n) is 10.6. The summed E-state index contributed by atoms with van der Waals surface area (Å²) < 4.78 is 39.1. The van der Waals surface area contributed by atoms with Crippen molar-refractivity contribution in [3.8, 4) is 0 Å². The fourth-order valence-corrected chi connectivity index (χ4v) is 4.92. The molecule has 0 bridgehead atoms. The Labute approximate surface area is 189 Å². The molecule has 2 aliphatic heterocycles. The molecule has 2 heterocycles. The molecule has 0 aliphatic carbocycles. The zero-order valence-corrected chi connectivity index (χ0v) is 18.8. The second kappa shape index (κ2) is 8.83. The van der Waals surface area contributed by atoms with Crippen LogP contribution < -0.4 is 0 Å². The lowest BCUT2D eigenvalue weighted by molar-refractivity contribution is -0.302. The summed E-state index contributed by atoms with van der Waals surface area (Å²) in [6.07, 6.45) is -3.64. The highest BCUT2D eigenvalue weighted by molar-refractivity contribution is 6.30. The fraction of sp³-hybridized carbons (Fsp3) is 0.636. The van der Waals surface area contributed by atoms with Gasteiger partial charge in [0.25, 0.3) is 0 Å². The van der Waals surface area contributed by atoms with Gasteiger partial charge >= 0.3 is 12.1 Å². The van der Waals surface area contributed by atoms with E-state index in [2.05, 4.69) is 0 Å². The van der Waals surface area contributed by atoms with Gasteiger partial charge in [-0.1, -0.05) is 37.6 Å². The average Bonchev–Trinajstić information content (AvgIpc) is 2.66. The van der Waals surface area contributed by atoms with E-state index in [0.717, 1.165) is 5.56 Å². The third kappa shape index (κ3) is 4.75. The van der Waals surface area contributed by atoms with Gasteiger partial charge in [0.05, 0.1) is 17.9 Å². The maximum Gasteiger partial charge on any atom is 0.419 e. The molecule has 3 rings (SSSR count). The minimum Gasteiger partial charge on any atom is -0.481 e. The number of aliphatic carboxylic acids is 1. The fourth-order valence-electron chi connectivity index (χ4n) is 4.80. The van der Waals surface area contributed by atoms with Crippen molar-refractivity contribution in [1.29, 1.82) is 0 Å².